The Bertz CT molecular complexity index is 1320. The van der Waals surface area contributed by atoms with Crippen LogP contribution < -0.4 is 4.74 Å². The molecule has 2 heterocycles. The lowest BCUT2D eigenvalue weighted by molar-refractivity contribution is -0.385. The van der Waals surface area contributed by atoms with Crippen molar-refractivity contribution in [2.24, 2.45) is 0 Å². The van der Waals surface area contributed by atoms with E-state index in [1.165, 1.54) is 17.8 Å². The molecule has 8 nitrogen and oxygen atoms in total. The summed E-state index contributed by atoms with van der Waals surface area (Å²) in [6.07, 6.45) is 4.35. The highest BCUT2D eigenvalue weighted by Gasteiger charge is 2.35. The molecule has 0 radical (unpaired) electrons. The molecule has 35 heavy (non-hydrogen) atoms. The Hall–Kier alpha value is -3.50. The number of hydrogen-bond acceptors (Lipinski definition) is 7. The SMILES string of the molecule is CCOc1ccc(-c2nn(-c3ccccc3)cc2/C=C2/SC(=S)N(C(C)CC)C2=O)cc1[N+](=O)[O-]. The van der Waals surface area contributed by atoms with Crippen molar-refractivity contribution >= 4 is 46.0 Å². The fourth-order valence-corrected chi connectivity index (χ4v) is 5.15. The maximum atomic E-state index is 13.1. The van der Waals surface area contributed by atoms with E-state index in [0.717, 1.165) is 12.1 Å². The molecule has 0 bridgehead atoms. The first-order chi connectivity index (χ1) is 16.8. The summed E-state index contributed by atoms with van der Waals surface area (Å²) < 4.78 is 7.64. The van der Waals surface area contributed by atoms with Gasteiger partial charge in [0.05, 0.1) is 22.1 Å². The molecule has 0 aliphatic carbocycles. The number of thioether (sulfide) groups is 1. The molecule has 3 aromatic rings. The lowest BCUT2D eigenvalue weighted by atomic mass is 10.1. The Morgan fingerprint density at radius 3 is 2.63 bits per heavy atom. The maximum Gasteiger partial charge on any atom is 0.311 e. The number of amides is 1. The van der Waals surface area contributed by atoms with Gasteiger partial charge in [0.25, 0.3) is 5.91 Å². The van der Waals surface area contributed by atoms with Gasteiger partial charge in [-0.05, 0) is 50.6 Å². The van der Waals surface area contributed by atoms with Crippen molar-refractivity contribution in [3.8, 4) is 22.7 Å². The number of ether oxygens (including phenoxy) is 1. The zero-order valence-electron chi connectivity index (χ0n) is 19.5. The van der Waals surface area contributed by atoms with Gasteiger partial charge >= 0.3 is 5.69 Å². The van der Waals surface area contributed by atoms with Gasteiger partial charge in [-0.2, -0.15) is 5.10 Å². The average Bonchev–Trinajstić information content (AvgIpc) is 3.40. The number of carbonyl (C=O) groups is 1. The summed E-state index contributed by atoms with van der Waals surface area (Å²) in [7, 11) is 0. The van der Waals surface area contributed by atoms with Crippen LogP contribution in [0.4, 0.5) is 5.69 Å². The Balaban J connectivity index is 1.84. The van der Waals surface area contributed by atoms with Crippen LogP contribution in [0, 0.1) is 10.1 Å². The zero-order valence-corrected chi connectivity index (χ0v) is 21.1. The van der Waals surface area contributed by atoms with Crippen molar-refractivity contribution in [3.63, 3.8) is 0 Å². The van der Waals surface area contributed by atoms with E-state index < -0.39 is 4.92 Å². The monoisotopic (exact) mass is 508 g/mol. The highest BCUT2D eigenvalue weighted by molar-refractivity contribution is 8.26. The zero-order chi connectivity index (χ0) is 25.1. The molecule has 1 amide bonds. The van der Waals surface area contributed by atoms with Gasteiger partial charge in [0, 0.05) is 29.4 Å². The highest BCUT2D eigenvalue weighted by atomic mass is 32.2. The first-order valence-electron chi connectivity index (χ1n) is 11.2. The van der Waals surface area contributed by atoms with Crippen molar-refractivity contribution in [1.29, 1.82) is 0 Å². The molecule has 1 aliphatic rings. The van der Waals surface area contributed by atoms with E-state index in [1.807, 2.05) is 50.4 Å². The molecule has 1 fully saturated rings. The minimum Gasteiger partial charge on any atom is -0.487 e. The minimum absolute atomic E-state index is 0.00586. The van der Waals surface area contributed by atoms with Crippen molar-refractivity contribution in [3.05, 3.63) is 75.3 Å². The largest absolute Gasteiger partial charge is 0.487 e. The van der Waals surface area contributed by atoms with Crippen molar-refractivity contribution in [2.45, 2.75) is 33.2 Å². The van der Waals surface area contributed by atoms with E-state index in [9.17, 15) is 14.9 Å². The topological polar surface area (TPSA) is 90.5 Å². The predicted octanol–water partition coefficient (Wildman–Crippen LogP) is 5.85. The van der Waals surface area contributed by atoms with Gasteiger partial charge in [0.2, 0.25) is 0 Å². The van der Waals surface area contributed by atoms with Crippen LogP contribution in [0.3, 0.4) is 0 Å². The van der Waals surface area contributed by atoms with Crippen molar-refractivity contribution in [1.82, 2.24) is 14.7 Å². The van der Waals surface area contributed by atoms with Gasteiger partial charge in [-0.15, -0.1) is 0 Å². The Morgan fingerprint density at radius 1 is 1.23 bits per heavy atom. The molecule has 1 unspecified atom stereocenters. The van der Waals surface area contributed by atoms with Gasteiger partial charge in [0.1, 0.15) is 10.0 Å². The summed E-state index contributed by atoms with van der Waals surface area (Å²) in [5.41, 5.74) is 2.37. The summed E-state index contributed by atoms with van der Waals surface area (Å²) in [5, 5.41) is 16.4. The average molecular weight is 509 g/mol. The second kappa shape index (κ2) is 10.4. The molecule has 10 heteroatoms. The molecular weight excluding hydrogens is 484 g/mol. The second-order valence-corrected chi connectivity index (χ2v) is 9.57. The minimum atomic E-state index is -0.473. The van der Waals surface area contributed by atoms with Gasteiger partial charge in [-0.3, -0.25) is 19.8 Å². The number of nitro benzene ring substituents is 1. The highest BCUT2D eigenvalue weighted by Crippen LogP contribution is 2.38. The maximum absolute atomic E-state index is 13.1. The number of carbonyl (C=O) groups excluding carboxylic acids is 1. The molecule has 1 aromatic heterocycles. The number of hydrogen-bond donors (Lipinski definition) is 0. The molecule has 0 saturated carbocycles. The fourth-order valence-electron chi connectivity index (χ4n) is 3.70. The molecule has 180 valence electrons. The lowest BCUT2D eigenvalue weighted by Crippen LogP contribution is -2.36. The second-order valence-electron chi connectivity index (χ2n) is 7.89. The predicted molar refractivity (Wildman–Crippen MR) is 142 cm³/mol. The molecule has 1 aliphatic heterocycles. The van der Waals surface area contributed by atoms with E-state index in [0.29, 0.717) is 32.7 Å². The van der Waals surface area contributed by atoms with E-state index in [-0.39, 0.29) is 23.4 Å². The van der Waals surface area contributed by atoms with Crippen LogP contribution in [0.25, 0.3) is 23.0 Å². The van der Waals surface area contributed by atoms with Crippen molar-refractivity contribution in [2.75, 3.05) is 6.61 Å². The third kappa shape index (κ3) is 4.98. The molecular formula is C25H24N4O4S2. The van der Waals surface area contributed by atoms with Crippen molar-refractivity contribution < 1.29 is 14.5 Å². The third-order valence-corrected chi connectivity index (χ3v) is 6.96. The van der Waals surface area contributed by atoms with Gasteiger partial charge in [-0.25, -0.2) is 4.68 Å². The number of nitro groups is 1. The van der Waals surface area contributed by atoms with E-state index in [2.05, 4.69) is 0 Å². The Labute approximate surface area is 212 Å². The Morgan fingerprint density at radius 2 is 1.97 bits per heavy atom. The molecule has 2 aromatic carbocycles. The number of aromatic nitrogens is 2. The summed E-state index contributed by atoms with van der Waals surface area (Å²) in [6, 6.07) is 14.3. The van der Waals surface area contributed by atoms with Crippen LogP contribution in [0.15, 0.2) is 59.6 Å². The Kier molecular flexibility index (Phi) is 7.32. The van der Waals surface area contributed by atoms with Crippen LogP contribution in [0.1, 0.15) is 32.8 Å². The van der Waals surface area contributed by atoms with Crippen LogP contribution in [0.2, 0.25) is 0 Å². The number of para-hydroxylation sites is 1. The first-order valence-corrected chi connectivity index (χ1v) is 12.4. The van der Waals surface area contributed by atoms with Crippen LogP contribution in [-0.4, -0.2) is 42.5 Å². The van der Waals surface area contributed by atoms with Crippen LogP contribution in [-0.2, 0) is 4.79 Å². The smallest absolute Gasteiger partial charge is 0.311 e. The van der Waals surface area contributed by atoms with Crippen LogP contribution >= 0.6 is 24.0 Å². The molecule has 1 atom stereocenters. The standard InChI is InChI=1S/C25H24N4O4S2/c1-4-16(3)28-24(30)22(35-25(28)34)14-18-15-27(19-9-7-6-8-10-19)26-23(18)17-11-12-21(33-5-2)20(13-17)29(31)32/h6-16H,4-5H2,1-3H3/b22-14+. The lowest BCUT2D eigenvalue weighted by Gasteiger charge is -2.21. The fraction of sp³-hybridized carbons (Fsp3) is 0.240. The molecule has 0 N–H and O–H groups in total. The quantitative estimate of drug-likeness (QED) is 0.163. The van der Waals surface area contributed by atoms with Gasteiger partial charge < -0.3 is 4.74 Å². The normalized spacial score (nSPS) is 15.6. The summed E-state index contributed by atoms with van der Waals surface area (Å²) in [4.78, 5) is 26.5. The van der Waals surface area contributed by atoms with E-state index in [1.54, 1.807) is 34.7 Å². The molecule has 0 spiro atoms. The molecule has 4 rings (SSSR count). The summed E-state index contributed by atoms with van der Waals surface area (Å²) in [6.45, 7) is 6.05. The number of thiocarbonyl (C=S) groups is 1. The number of benzene rings is 2. The van der Waals surface area contributed by atoms with E-state index >= 15 is 0 Å². The number of rotatable bonds is 8. The number of nitrogens with zero attached hydrogens (tertiary/aromatic N) is 4. The van der Waals surface area contributed by atoms with Gasteiger partial charge in [0.15, 0.2) is 5.75 Å². The van der Waals surface area contributed by atoms with Gasteiger partial charge in [-0.1, -0.05) is 49.1 Å². The third-order valence-electron chi connectivity index (χ3n) is 5.63. The van der Waals surface area contributed by atoms with Crippen LogP contribution in [0.5, 0.6) is 5.75 Å². The summed E-state index contributed by atoms with van der Waals surface area (Å²) >= 11 is 6.71. The molecule has 1 saturated heterocycles. The summed E-state index contributed by atoms with van der Waals surface area (Å²) in [5.74, 6) is 0.0464. The first kappa shape index (κ1) is 24.6. The van der Waals surface area contributed by atoms with E-state index in [4.69, 9.17) is 22.1 Å².